The quantitative estimate of drug-likeness (QED) is 0.590. The molecule has 0 unspecified atom stereocenters. The third kappa shape index (κ3) is 2.62. The first kappa shape index (κ1) is 14.6. The number of fused-ring (bicyclic) bond motifs is 3. The van der Waals surface area contributed by atoms with Crippen LogP contribution in [0.25, 0.3) is 16.6 Å². The Labute approximate surface area is 132 Å². The molecule has 2 aromatic rings. The number of H-pyrrole nitrogens is 2. The van der Waals surface area contributed by atoms with E-state index >= 15 is 0 Å². The van der Waals surface area contributed by atoms with E-state index in [9.17, 15) is 0 Å². The summed E-state index contributed by atoms with van der Waals surface area (Å²) in [5.74, 6) is 2.99. The van der Waals surface area contributed by atoms with Gasteiger partial charge in [-0.15, -0.1) is 5.98 Å². The average molecular weight is 297 g/mol. The molecule has 1 radical (unpaired) electrons. The molecule has 2 nitrogen and oxygen atoms in total. The van der Waals surface area contributed by atoms with Gasteiger partial charge in [-0.2, -0.15) is 0 Å². The highest BCUT2D eigenvalue weighted by Gasteiger charge is 2.23. The second kappa shape index (κ2) is 6.23. The molecule has 0 saturated carbocycles. The van der Waals surface area contributed by atoms with Crippen LogP contribution < -0.4 is 0 Å². The van der Waals surface area contributed by atoms with E-state index in [1.165, 1.54) is 47.8 Å². The summed E-state index contributed by atoms with van der Waals surface area (Å²) < 4.78 is 0.883. The molecule has 0 spiro atoms. The van der Waals surface area contributed by atoms with Gasteiger partial charge in [-0.1, -0.05) is 38.9 Å². The molecular formula is C17H22BN2S. The summed E-state index contributed by atoms with van der Waals surface area (Å²) in [4.78, 5) is 6.61. The van der Waals surface area contributed by atoms with Crippen LogP contribution in [0.15, 0.2) is 18.2 Å². The Balaban J connectivity index is 2.18. The van der Waals surface area contributed by atoms with Crippen LogP contribution in [0, 0.1) is 10.6 Å². The van der Waals surface area contributed by atoms with E-state index in [2.05, 4.69) is 43.1 Å². The molecule has 0 saturated heterocycles. The van der Waals surface area contributed by atoms with Gasteiger partial charge in [0.2, 0.25) is 0 Å². The molecular weight excluding hydrogens is 275 g/mol. The molecule has 0 bridgehead atoms. The molecule has 0 atom stereocenters. The van der Waals surface area contributed by atoms with Crippen LogP contribution in [0.2, 0.25) is 0 Å². The van der Waals surface area contributed by atoms with Gasteiger partial charge in [0.05, 0.1) is 0 Å². The van der Waals surface area contributed by atoms with E-state index in [1.807, 2.05) is 6.20 Å². The summed E-state index contributed by atoms with van der Waals surface area (Å²) in [5, 5.41) is 1.29. The zero-order valence-corrected chi connectivity index (χ0v) is 13.6. The first-order valence-electron chi connectivity index (χ1n) is 8.02. The maximum Gasteiger partial charge on any atom is 0.146 e. The van der Waals surface area contributed by atoms with Gasteiger partial charge in [-0.25, -0.2) is 0 Å². The van der Waals surface area contributed by atoms with Crippen LogP contribution in [0.4, 0.5) is 0 Å². The molecule has 0 fully saturated rings. The minimum atomic E-state index is 0.644. The van der Waals surface area contributed by atoms with Gasteiger partial charge in [0.25, 0.3) is 0 Å². The largest absolute Gasteiger partial charge is 0.348 e. The molecule has 3 heterocycles. The number of pyridine rings is 1. The minimum absolute atomic E-state index is 0.644. The Hall–Kier alpha value is -1.29. The number of nitrogens with one attached hydrogen (secondary N) is 2. The van der Waals surface area contributed by atoms with E-state index in [1.54, 1.807) is 0 Å². The fraction of sp³-hybridized carbons (Fsp3) is 0.471. The number of aromatic nitrogens is 2. The van der Waals surface area contributed by atoms with Crippen molar-refractivity contribution in [2.45, 2.75) is 45.9 Å². The van der Waals surface area contributed by atoms with E-state index in [4.69, 9.17) is 12.2 Å². The monoisotopic (exact) mass is 297 g/mol. The van der Waals surface area contributed by atoms with Crippen LogP contribution >= 0.6 is 12.2 Å². The lowest BCUT2D eigenvalue weighted by molar-refractivity contribution is 0.544. The Morgan fingerprint density at radius 1 is 1.29 bits per heavy atom. The Morgan fingerprint density at radius 3 is 2.76 bits per heavy atom. The van der Waals surface area contributed by atoms with Crippen molar-refractivity contribution >= 4 is 36.1 Å². The van der Waals surface area contributed by atoms with Crippen molar-refractivity contribution in [1.82, 2.24) is 9.97 Å². The summed E-state index contributed by atoms with van der Waals surface area (Å²) in [6, 6.07) is 2.17. The van der Waals surface area contributed by atoms with Gasteiger partial charge in [-0.3, -0.25) is 0 Å². The highest BCUT2D eigenvalue weighted by atomic mass is 32.1. The first-order chi connectivity index (χ1) is 10.3. The lowest BCUT2D eigenvalue weighted by atomic mass is 9.62. The molecule has 1 aliphatic rings. The molecule has 109 valence electrons. The van der Waals surface area contributed by atoms with Crippen LogP contribution in [0.5, 0.6) is 0 Å². The molecule has 0 amide bonds. The fourth-order valence-corrected chi connectivity index (χ4v) is 3.84. The number of aromatic amines is 2. The van der Waals surface area contributed by atoms with Crippen molar-refractivity contribution in [3.05, 3.63) is 34.0 Å². The van der Waals surface area contributed by atoms with Gasteiger partial charge in [-0.05, 0) is 47.8 Å². The van der Waals surface area contributed by atoms with Crippen LogP contribution in [-0.2, 0) is 6.32 Å². The Kier molecular flexibility index (Phi) is 4.34. The third-order valence-electron chi connectivity index (χ3n) is 4.45. The van der Waals surface area contributed by atoms with E-state index in [0.29, 0.717) is 5.92 Å². The minimum Gasteiger partial charge on any atom is -0.348 e. The maximum atomic E-state index is 5.58. The lowest BCUT2D eigenvalue weighted by Gasteiger charge is -2.26. The van der Waals surface area contributed by atoms with Crippen molar-refractivity contribution in [3.63, 3.8) is 0 Å². The number of hydrogen-bond acceptors (Lipinski definition) is 1. The Morgan fingerprint density at radius 2 is 2.05 bits per heavy atom. The van der Waals surface area contributed by atoms with Gasteiger partial charge < -0.3 is 9.97 Å². The number of hydrogen-bond donors (Lipinski definition) is 2. The van der Waals surface area contributed by atoms with Crippen molar-refractivity contribution in [2.24, 2.45) is 5.92 Å². The van der Waals surface area contributed by atoms with Crippen molar-refractivity contribution in [2.75, 3.05) is 0 Å². The molecule has 0 aliphatic carbocycles. The van der Waals surface area contributed by atoms with Gasteiger partial charge >= 0.3 is 0 Å². The maximum absolute atomic E-state index is 5.58. The standard InChI is InChI=1S/C17H22BN2S/c1-3-5-11(6-4-2)13-9-18-10-14-15(13)12-7-8-19-16(12)20-17(14)21/h7-9,11H,3-6,10H2,1-2H3,(H2,19,20,21). The first-order valence-corrected chi connectivity index (χ1v) is 8.43. The fourth-order valence-electron chi connectivity index (χ4n) is 3.55. The summed E-state index contributed by atoms with van der Waals surface area (Å²) in [6.07, 6.45) is 7.91. The molecule has 21 heavy (non-hydrogen) atoms. The predicted octanol–water partition coefficient (Wildman–Crippen LogP) is 5.00. The summed E-state index contributed by atoms with van der Waals surface area (Å²) in [5.41, 5.74) is 5.24. The third-order valence-corrected chi connectivity index (χ3v) is 4.80. The SMILES string of the molecule is CCCC(CCC)C1=C[B]Cc2c1c1cc[nH]c1[nH]c2=S. The number of rotatable bonds is 5. The zero-order chi connectivity index (χ0) is 14.8. The Bertz CT molecular complexity index is 720. The number of allylic oxidation sites excluding steroid dienone is 1. The molecule has 3 rings (SSSR count). The van der Waals surface area contributed by atoms with Gasteiger partial charge in [0.15, 0.2) is 0 Å². The van der Waals surface area contributed by atoms with Crippen LogP contribution in [0.3, 0.4) is 0 Å². The van der Waals surface area contributed by atoms with Crippen LogP contribution in [0.1, 0.15) is 50.7 Å². The van der Waals surface area contributed by atoms with E-state index in [0.717, 1.165) is 16.6 Å². The highest BCUT2D eigenvalue weighted by Crippen LogP contribution is 2.38. The predicted molar refractivity (Wildman–Crippen MR) is 94.2 cm³/mol. The van der Waals surface area contributed by atoms with Gasteiger partial charge in [0, 0.05) is 11.6 Å². The van der Waals surface area contributed by atoms with E-state index in [-0.39, 0.29) is 0 Å². The molecule has 2 aromatic heterocycles. The van der Waals surface area contributed by atoms with Gasteiger partial charge in [0.1, 0.15) is 17.6 Å². The normalized spacial score (nSPS) is 14.1. The molecule has 1 aliphatic heterocycles. The lowest BCUT2D eigenvalue weighted by Crippen LogP contribution is -2.14. The molecule has 4 heteroatoms. The second-order valence-electron chi connectivity index (χ2n) is 5.91. The topological polar surface area (TPSA) is 31.6 Å². The molecule has 0 aromatic carbocycles. The summed E-state index contributed by atoms with van der Waals surface area (Å²) in [7, 11) is 2.28. The summed E-state index contributed by atoms with van der Waals surface area (Å²) >= 11 is 5.58. The van der Waals surface area contributed by atoms with Crippen molar-refractivity contribution < 1.29 is 0 Å². The van der Waals surface area contributed by atoms with Crippen LogP contribution in [-0.4, -0.2) is 17.2 Å². The molecule has 2 N–H and O–H groups in total. The van der Waals surface area contributed by atoms with E-state index < -0.39 is 0 Å². The highest BCUT2D eigenvalue weighted by molar-refractivity contribution is 7.71. The second-order valence-corrected chi connectivity index (χ2v) is 6.32. The smallest absolute Gasteiger partial charge is 0.146 e. The summed E-state index contributed by atoms with van der Waals surface area (Å²) in [6.45, 7) is 4.56. The van der Waals surface area contributed by atoms with Crippen molar-refractivity contribution in [3.8, 4) is 0 Å². The zero-order valence-electron chi connectivity index (χ0n) is 12.8. The average Bonchev–Trinajstić information content (AvgIpc) is 2.95. The van der Waals surface area contributed by atoms with Crippen molar-refractivity contribution in [1.29, 1.82) is 0 Å².